The summed E-state index contributed by atoms with van der Waals surface area (Å²) in [7, 11) is 0. The fourth-order valence-corrected chi connectivity index (χ4v) is 2.46. The number of aromatic carboxylic acids is 1. The van der Waals surface area contributed by atoms with Gasteiger partial charge in [-0.2, -0.15) is 0 Å². The Morgan fingerprint density at radius 1 is 1.00 bits per heavy atom. The van der Waals surface area contributed by atoms with Crippen LogP contribution in [0.1, 0.15) is 20.7 Å². The standard InChI is InChI=1S/C17H10F3NO4/c18-17(19,20)25-11-7-5-10(6-8-11)15(22)21-9-13(16(23)24)12-3-1-2-4-14(12)21/h1-9H,(H,23,24). The molecule has 0 amide bonds. The molecule has 0 radical (unpaired) electrons. The van der Waals surface area contributed by atoms with Gasteiger partial charge < -0.3 is 9.84 Å². The smallest absolute Gasteiger partial charge is 0.478 e. The zero-order chi connectivity index (χ0) is 18.2. The van der Waals surface area contributed by atoms with Crippen molar-refractivity contribution in [1.29, 1.82) is 0 Å². The minimum Gasteiger partial charge on any atom is -0.478 e. The van der Waals surface area contributed by atoms with Crippen molar-refractivity contribution in [3.8, 4) is 5.75 Å². The van der Waals surface area contributed by atoms with Gasteiger partial charge >= 0.3 is 12.3 Å². The van der Waals surface area contributed by atoms with Gasteiger partial charge in [-0.15, -0.1) is 13.2 Å². The fourth-order valence-electron chi connectivity index (χ4n) is 2.46. The quantitative estimate of drug-likeness (QED) is 0.778. The highest BCUT2D eigenvalue weighted by molar-refractivity contribution is 6.09. The molecule has 0 aliphatic heterocycles. The predicted octanol–water partition coefficient (Wildman–Crippen LogP) is 3.93. The van der Waals surface area contributed by atoms with Crippen LogP contribution in [0.4, 0.5) is 13.2 Å². The molecule has 0 aliphatic carbocycles. The first kappa shape index (κ1) is 16.6. The van der Waals surface area contributed by atoms with E-state index in [1.165, 1.54) is 18.3 Å². The van der Waals surface area contributed by atoms with Crippen LogP contribution in [0, 0.1) is 0 Å². The molecular formula is C17H10F3NO4. The molecule has 0 bridgehead atoms. The van der Waals surface area contributed by atoms with Crippen LogP contribution < -0.4 is 4.74 Å². The molecule has 1 heterocycles. The Morgan fingerprint density at radius 2 is 1.64 bits per heavy atom. The molecule has 3 rings (SSSR count). The van der Waals surface area contributed by atoms with Crippen LogP contribution in [-0.4, -0.2) is 27.9 Å². The Kier molecular flexibility index (Phi) is 3.96. The van der Waals surface area contributed by atoms with E-state index in [-0.39, 0.29) is 11.1 Å². The summed E-state index contributed by atoms with van der Waals surface area (Å²) in [5.41, 5.74) is 0.439. The SMILES string of the molecule is O=C(O)c1cn(C(=O)c2ccc(OC(F)(F)F)cc2)c2ccccc12. The highest BCUT2D eigenvalue weighted by Crippen LogP contribution is 2.25. The maximum absolute atomic E-state index is 12.6. The number of fused-ring (bicyclic) bond motifs is 1. The first-order valence-electron chi connectivity index (χ1n) is 7.00. The molecule has 0 fully saturated rings. The van der Waals surface area contributed by atoms with Crippen molar-refractivity contribution in [3.05, 3.63) is 65.9 Å². The number of halogens is 3. The number of carbonyl (C=O) groups excluding carboxylic acids is 1. The molecule has 0 aliphatic rings. The molecule has 1 N–H and O–H groups in total. The molecule has 128 valence electrons. The van der Waals surface area contributed by atoms with Gasteiger partial charge in [-0.3, -0.25) is 9.36 Å². The highest BCUT2D eigenvalue weighted by Gasteiger charge is 2.31. The zero-order valence-corrected chi connectivity index (χ0v) is 12.4. The van der Waals surface area contributed by atoms with Gasteiger partial charge in [-0.25, -0.2) is 4.79 Å². The summed E-state index contributed by atoms with van der Waals surface area (Å²) in [6, 6.07) is 10.8. The first-order chi connectivity index (χ1) is 11.8. The van der Waals surface area contributed by atoms with Gasteiger partial charge in [0.25, 0.3) is 5.91 Å². The Morgan fingerprint density at radius 3 is 2.24 bits per heavy atom. The summed E-state index contributed by atoms with van der Waals surface area (Å²) in [5.74, 6) is -2.20. The van der Waals surface area contributed by atoms with Crippen LogP contribution in [-0.2, 0) is 0 Å². The molecule has 0 unspecified atom stereocenters. The van der Waals surface area contributed by atoms with Gasteiger partial charge in [-0.1, -0.05) is 18.2 Å². The van der Waals surface area contributed by atoms with E-state index in [1.54, 1.807) is 24.3 Å². The van der Waals surface area contributed by atoms with E-state index in [2.05, 4.69) is 4.74 Å². The van der Waals surface area contributed by atoms with Gasteiger partial charge in [0.15, 0.2) is 0 Å². The lowest BCUT2D eigenvalue weighted by molar-refractivity contribution is -0.274. The minimum atomic E-state index is -4.82. The summed E-state index contributed by atoms with van der Waals surface area (Å²) >= 11 is 0. The van der Waals surface area contributed by atoms with Gasteiger partial charge in [-0.05, 0) is 30.3 Å². The van der Waals surface area contributed by atoms with Crippen LogP contribution in [0.5, 0.6) is 5.75 Å². The number of rotatable bonds is 3. The lowest BCUT2D eigenvalue weighted by atomic mass is 10.2. The molecule has 0 spiro atoms. The van der Waals surface area contributed by atoms with Crippen molar-refractivity contribution < 1.29 is 32.6 Å². The monoisotopic (exact) mass is 349 g/mol. The maximum atomic E-state index is 12.6. The van der Waals surface area contributed by atoms with E-state index in [1.807, 2.05) is 0 Å². The zero-order valence-electron chi connectivity index (χ0n) is 12.4. The van der Waals surface area contributed by atoms with E-state index in [0.29, 0.717) is 10.9 Å². The number of alkyl halides is 3. The second kappa shape index (κ2) is 5.97. The van der Waals surface area contributed by atoms with Crippen LogP contribution in [0.3, 0.4) is 0 Å². The lowest BCUT2D eigenvalue weighted by Gasteiger charge is -2.09. The molecule has 3 aromatic rings. The molecule has 8 heteroatoms. The Bertz CT molecular complexity index is 958. The van der Waals surface area contributed by atoms with Crippen molar-refractivity contribution in [3.63, 3.8) is 0 Å². The number of carboxylic acids is 1. The van der Waals surface area contributed by atoms with Crippen LogP contribution in [0.2, 0.25) is 0 Å². The van der Waals surface area contributed by atoms with Crippen molar-refractivity contribution in [1.82, 2.24) is 4.57 Å². The minimum absolute atomic E-state index is 0.0408. The Labute approximate surface area is 138 Å². The number of carboxylic acid groups (broad SMARTS) is 1. The third-order valence-corrected chi connectivity index (χ3v) is 3.50. The number of hydrogen-bond acceptors (Lipinski definition) is 3. The summed E-state index contributed by atoms with van der Waals surface area (Å²) in [6.07, 6.45) is -3.63. The third-order valence-electron chi connectivity index (χ3n) is 3.50. The third kappa shape index (κ3) is 3.32. The number of aromatic nitrogens is 1. The van der Waals surface area contributed by atoms with Crippen molar-refractivity contribution >= 4 is 22.8 Å². The topological polar surface area (TPSA) is 68.5 Å². The van der Waals surface area contributed by atoms with Crippen molar-refractivity contribution in [2.75, 3.05) is 0 Å². The summed E-state index contributed by atoms with van der Waals surface area (Å²) < 4.78 is 41.4. The predicted molar refractivity (Wildman–Crippen MR) is 81.8 cm³/mol. The van der Waals surface area contributed by atoms with Crippen molar-refractivity contribution in [2.45, 2.75) is 6.36 Å². The van der Waals surface area contributed by atoms with Crippen LogP contribution in [0.15, 0.2) is 54.7 Å². The average Bonchev–Trinajstić information content (AvgIpc) is 2.93. The molecule has 2 aromatic carbocycles. The first-order valence-corrected chi connectivity index (χ1v) is 7.00. The molecule has 5 nitrogen and oxygen atoms in total. The second-order valence-corrected chi connectivity index (χ2v) is 5.11. The van der Waals surface area contributed by atoms with E-state index in [4.69, 9.17) is 0 Å². The second-order valence-electron chi connectivity index (χ2n) is 5.11. The van der Waals surface area contributed by atoms with E-state index in [0.717, 1.165) is 16.7 Å². The molecule has 1 aromatic heterocycles. The fraction of sp³-hybridized carbons (Fsp3) is 0.0588. The van der Waals surface area contributed by atoms with Gasteiger partial charge in [0, 0.05) is 17.1 Å². The highest BCUT2D eigenvalue weighted by atomic mass is 19.4. The molecule has 0 saturated heterocycles. The Hall–Kier alpha value is -3.29. The normalized spacial score (nSPS) is 11.5. The van der Waals surface area contributed by atoms with E-state index in [9.17, 15) is 27.9 Å². The van der Waals surface area contributed by atoms with Gasteiger partial charge in [0.05, 0.1) is 11.1 Å². The number of ether oxygens (including phenoxy) is 1. The van der Waals surface area contributed by atoms with Gasteiger partial charge in [0.1, 0.15) is 5.75 Å². The number of nitrogens with zero attached hydrogens (tertiary/aromatic N) is 1. The number of benzene rings is 2. The average molecular weight is 349 g/mol. The van der Waals surface area contributed by atoms with Crippen LogP contribution >= 0.6 is 0 Å². The number of hydrogen-bond donors (Lipinski definition) is 1. The maximum Gasteiger partial charge on any atom is 0.573 e. The molecular weight excluding hydrogens is 339 g/mol. The molecule has 0 saturated carbocycles. The molecule has 25 heavy (non-hydrogen) atoms. The van der Waals surface area contributed by atoms with Crippen LogP contribution in [0.25, 0.3) is 10.9 Å². The lowest BCUT2D eigenvalue weighted by Crippen LogP contribution is -2.17. The largest absolute Gasteiger partial charge is 0.573 e. The van der Waals surface area contributed by atoms with Crippen molar-refractivity contribution in [2.24, 2.45) is 0 Å². The van der Waals surface area contributed by atoms with E-state index < -0.39 is 24.0 Å². The van der Waals surface area contributed by atoms with Gasteiger partial charge in [0.2, 0.25) is 0 Å². The number of carbonyl (C=O) groups is 2. The van der Waals surface area contributed by atoms with E-state index >= 15 is 0 Å². The number of para-hydroxylation sites is 1. The molecule has 0 atom stereocenters. The summed E-state index contributed by atoms with van der Waals surface area (Å²) in [5, 5.41) is 9.63. The summed E-state index contributed by atoms with van der Waals surface area (Å²) in [4.78, 5) is 23.9. The summed E-state index contributed by atoms with van der Waals surface area (Å²) in [6.45, 7) is 0. The Balaban J connectivity index is 1.99.